The minimum atomic E-state index is 0.185. The highest BCUT2D eigenvalue weighted by Gasteiger charge is 2.06. The molecule has 0 aromatic heterocycles. The van der Waals surface area contributed by atoms with Crippen LogP contribution in [0.3, 0.4) is 0 Å². The molecule has 3 nitrogen and oxygen atoms in total. The number of phenolic OH excluding ortho intramolecular Hbond substituents is 1. The Morgan fingerprint density at radius 3 is 2.65 bits per heavy atom. The summed E-state index contributed by atoms with van der Waals surface area (Å²) in [7, 11) is 1.68. The Labute approximate surface area is 120 Å². The summed E-state index contributed by atoms with van der Waals surface area (Å²) in [5, 5.41) is 13.0. The van der Waals surface area contributed by atoms with Crippen LogP contribution in [0.15, 0.2) is 42.5 Å². The average Bonchev–Trinajstić information content (AvgIpc) is 2.45. The summed E-state index contributed by atoms with van der Waals surface area (Å²) in [5.74, 6) is 1.21. The quantitative estimate of drug-likeness (QED) is 0.873. The van der Waals surface area contributed by atoms with Crippen LogP contribution in [0, 0.1) is 6.92 Å². The maximum Gasteiger partial charge on any atom is 0.121 e. The molecule has 0 fully saturated rings. The molecule has 0 aliphatic heterocycles. The van der Waals surface area contributed by atoms with Crippen LogP contribution in [0.5, 0.6) is 11.5 Å². The fourth-order valence-electron chi connectivity index (χ4n) is 2.23. The first-order chi connectivity index (χ1) is 9.60. The van der Waals surface area contributed by atoms with E-state index in [2.05, 4.69) is 24.4 Å². The molecule has 2 N–H and O–H groups in total. The highest BCUT2D eigenvalue weighted by molar-refractivity contribution is 5.36. The molecular weight excluding hydrogens is 250 g/mol. The van der Waals surface area contributed by atoms with E-state index in [-0.39, 0.29) is 6.04 Å². The number of rotatable bonds is 5. The highest BCUT2D eigenvalue weighted by Crippen LogP contribution is 2.20. The fraction of sp³-hybridized carbons (Fsp3) is 0.294. The maximum absolute atomic E-state index is 9.50. The maximum atomic E-state index is 9.50. The van der Waals surface area contributed by atoms with Gasteiger partial charge in [0.15, 0.2) is 0 Å². The minimum absolute atomic E-state index is 0.185. The van der Waals surface area contributed by atoms with E-state index in [9.17, 15) is 5.11 Å². The van der Waals surface area contributed by atoms with Crippen molar-refractivity contribution >= 4 is 0 Å². The molecule has 0 saturated carbocycles. The van der Waals surface area contributed by atoms with Crippen molar-refractivity contribution in [3.05, 3.63) is 59.2 Å². The standard InChI is InChI=1S/C17H21NO2/c1-12-9-14(7-8-17(12)20-3)11-18-13(2)15-5-4-6-16(19)10-15/h4-10,13,18-19H,11H2,1-3H3. The van der Waals surface area contributed by atoms with Gasteiger partial charge >= 0.3 is 0 Å². The molecule has 2 rings (SSSR count). The largest absolute Gasteiger partial charge is 0.508 e. The SMILES string of the molecule is COc1ccc(CNC(C)c2cccc(O)c2)cc1C. The van der Waals surface area contributed by atoms with Crippen LogP contribution < -0.4 is 10.1 Å². The molecule has 2 aromatic carbocycles. The summed E-state index contributed by atoms with van der Waals surface area (Å²) in [4.78, 5) is 0. The lowest BCUT2D eigenvalue weighted by molar-refractivity contribution is 0.411. The molecule has 0 radical (unpaired) electrons. The minimum Gasteiger partial charge on any atom is -0.508 e. The molecular formula is C17H21NO2. The summed E-state index contributed by atoms with van der Waals surface area (Å²) in [6, 6.07) is 13.7. The molecule has 0 bridgehead atoms. The van der Waals surface area contributed by atoms with Gasteiger partial charge in [0.25, 0.3) is 0 Å². The predicted octanol–water partition coefficient (Wildman–Crippen LogP) is 3.56. The lowest BCUT2D eigenvalue weighted by Crippen LogP contribution is -2.18. The first-order valence-electron chi connectivity index (χ1n) is 6.76. The van der Waals surface area contributed by atoms with E-state index in [1.807, 2.05) is 25.1 Å². The van der Waals surface area contributed by atoms with E-state index in [4.69, 9.17) is 4.74 Å². The zero-order valence-corrected chi connectivity index (χ0v) is 12.2. The Kier molecular flexibility index (Phi) is 4.64. The normalized spacial score (nSPS) is 12.2. The number of phenols is 1. The van der Waals surface area contributed by atoms with Crippen molar-refractivity contribution in [1.82, 2.24) is 5.32 Å². The lowest BCUT2D eigenvalue weighted by atomic mass is 10.1. The number of ether oxygens (including phenoxy) is 1. The van der Waals surface area contributed by atoms with Crippen LogP contribution in [0.25, 0.3) is 0 Å². The van der Waals surface area contributed by atoms with Crippen LogP contribution in [-0.2, 0) is 6.54 Å². The molecule has 1 unspecified atom stereocenters. The molecule has 0 aliphatic rings. The van der Waals surface area contributed by atoms with Crippen molar-refractivity contribution in [2.24, 2.45) is 0 Å². The molecule has 0 aliphatic carbocycles. The molecule has 0 heterocycles. The van der Waals surface area contributed by atoms with Crippen molar-refractivity contribution in [3.8, 4) is 11.5 Å². The van der Waals surface area contributed by atoms with E-state index < -0.39 is 0 Å². The van der Waals surface area contributed by atoms with Gasteiger partial charge in [0.1, 0.15) is 11.5 Å². The molecule has 0 saturated heterocycles. The number of aromatic hydroxyl groups is 1. The zero-order chi connectivity index (χ0) is 14.5. The summed E-state index contributed by atoms with van der Waals surface area (Å²) in [6.45, 7) is 4.91. The molecule has 20 heavy (non-hydrogen) atoms. The summed E-state index contributed by atoms with van der Waals surface area (Å²) < 4.78 is 5.26. The van der Waals surface area contributed by atoms with Crippen molar-refractivity contribution in [3.63, 3.8) is 0 Å². The van der Waals surface area contributed by atoms with E-state index in [0.717, 1.165) is 23.4 Å². The second-order valence-electron chi connectivity index (χ2n) is 5.00. The Morgan fingerprint density at radius 2 is 2.00 bits per heavy atom. The van der Waals surface area contributed by atoms with E-state index in [1.54, 1.807) is 19.2 Å². The average molecular weight is 271 g/mol. The number of benzene rings is 2. The summed E-state index contributed by atoms with van der Waals surface area (Å²) in [5.41, 5.74) is 3.43. The van der Waals surface area contributed by atoms with Crippen molar-refractivity contribution in [2.75, 3.05) is 7.11 Å². The van der Waals surface area contributed by atoms with Crippen LogP contribution >= 0.6 is 0 Å². The van der Waals surface area contributed by atoms with Gasteiger partial charge in [0.2, 0.25) is 0 Å². The third-order valence-electron chi connectivity index (χ3n) is 3.44. The molecule has 106 valence electrons. The third kappa shape index (κ3) is 3.52. The van der Waals surface area contributed by atoms with Crippen LogP contribution in [0.1, 0.15) is 29.7 Å². The van der Waals surface area contributed by atoms with E-state index >= 15 is 0 Å². The molecule has 0 spiro atoms. The number of aryl methyl sites for hydroxylation is 1. The van der Waals surface area contributed by atoms with Crippen LogP contribution in [0.2, 0.25) is 0 Å². The van der Waals surface area contributed by atoms with Gasteiger partial charge in [-0.05, 0) is 48.7 Å². The number of hydrogen-bond acceptors (Lipinski definition) is 3. The van der Waals surface area contributed by atoms with Gasteiger partial charge in [-0.2, -0.15) is 0 Å². The second-order valence-corrected chi connectivity index (χ2v) is 5.00. The Morgan fingerprint density at radius 1 is 1.20 bits per heavy atom. The zero-order valence-electron chi connectivity index (χ0n) is 12.2. The van der Waals surface area contributed by atoms with Gasteiger partial charge in [0, 0.05) is 12.6 Å². The van der Waals surface area contributed by atoms with Crippen molar-refractivity contribution in [2.45, 2.75) is 26.4 Å². The summed E-state index contributed by atoms with van der Waals surface area (Å²) >= 11 is 0. The smallest absolute Gasteiger partial charge is 0.121 e. The molecule has 1 atom stereocenters. The predicted molar refractivity (Wildman–Crippen MR) is 81.1 cm³/mol. The monoisotopic (exact) mass is 271 g/mol. The Hall–Kier alpha value is -2.00. The van der Waals surface area contributed by atoms with Gasteiger partial charge in [-0.3, -0.25) is 0 Å². The van der Waals surface area contributed by atoms with Crippen molar-refractivity contribution in [1.29, 1.82) is 0 Å². The second kappa shape index (κ2) is 6.44. The van der Waals surface area contributed by atoms with Gasteiger partial charge in [-0.25, -0.2) is 0 Å². The number of methoxy groups -OCH3 is 1. The van der Waals surface area contributed by atoms with Gasteiger partial charge < -0.3 is 15.2 Å². The third-order valence-corrected chi connectivity index (χ3v) is 3.44. The van der Waals surface area contributed by atoms with Gasteiger partial charge in [-0.15, -0.1) is 0 Å². The molecule has 0 amide bonds. The molecule has 2 aromatic rings. The first kappa shape index (κ1) is 14.4. The first-order valence-corrected chi connectivity index (χ1v) is 6.76. The van der Waals surface area contributed by atoms with Crippen molar-refractivity contribution < 1.29 is 9.84 Å². The van der Waals surface area contributed by atoms with Gasteiger partial charge in [0.05, 0.1) is 7.11 Å². The fourth-order valence-corrected chi connectivity index (χ4v) is 2.23. The Balaban J connectivity index is 1.99. The molecule has 3 heteroatoms. The summed E-state index contributed by atoms with van der Waals surface area (Å²) in [6.07, 6.45) is 0. The van der Waals surface area contributed by atoms with E-state index in [1.165, 1.54) is 5.56 Å². The number of hydrogen-bond donors (Lipinski definition) is 2. The van der Waals surface area contributed by atoms with Crippen LogP contribution in [0.4, 0.5) is 0 Å². The van der Waals surface area contributed by atoms with Crippen LogP contribution in [-0.4, -0.2) is 12.2 Å². The highest BCUT2D eigenvalue weighted by atomic mass is 16.5. The lowest BCUT2D eigenvalue weighted by Gasteiger charge is -2.15. The van der Waals surface area contributed by atoms with Gasteiger partial charge in [-0.1, -0.05) is 24.3 Å². The van der Waals surface area contributed by atoms with E-state index in [0.29, 0.717) is 5.75 Å². The Bertz CT molecular complexity index is 581. The number of nitrogens with one attached hydrogen (secondary N) is 1. The topological polar surface area (TPSA) is 41.5 Å².